The summed E-state index contributed by atoms with van der Waals surface area (Å²) in [6.45, 7) is 3.56. The van der Waals surface area contributed by atoms with E-state index in [1.165, 1.54) is 22.8 Å². The number of ether oxygens (including phenoxy) is 1. The van der Waals surface area contributed by atoms with Gasteiger partial charge in [0.25, 0.3) is 11.2 Å². The predicted octanol–water partition coefficient (Wildman–Crippen LogP) is 4.33. The second-order valence-electron chi connectivity index (χ2n) is 8.49. The standard InChI is InChI=1S/C27H20BrN3O6S/c1-3-37-26(34)22-14(2)29-27-30(23(22)19-10-6-8-15-7-4-5-9-18(15)19)25(33)21(38-27)12-16-11-17(31(35)36)13-20(28)24(16)32/h4-13,23,32H,3H2,1-2H3/b21-12+. The number of aromatic nitrogens is 1. The molecule has 0 radical (unpaired) electrons. The maximum absolute atomic E-state index is 13.9. The Morgan fingerprint density at radius 1 is 1.26 bits per heavy atom. The highest BCUT2D eigenvalue weighted by molar-refractivity contribution is 9.10. The van der Waals surface area contributed by atoms with Gasteiger partial charge in [0.05, 0.1) is 37.8 Å². The lowest BCUT2D eigenvalue weighted by atomic mass is 9.91. The number of hydrogen-bond acceptors (Lipinski definition) is 8. The molecule has 38 heavy (non-hydrogen) atoms. The Labute approximate surface area is 227 Å². The van der Waals surface area contributed by atoms with Gasteiger partial charge in [-0.15, -0.1) is 0 Å². The van der Waals surface area contributed by atoms with Crippen molar-refractivity contribution in [3.63, 3.8) is 0 Å². The number of nitro benzene ring substituents is 1. The Balaban J connectivity index is 1.81. The van der Waals surface area contributed by atoms with Gasteiger partial charge in [0.2, 0.25) is 0 Å². The topological polar surface area (TPSA) is 124 Å². The first-order valence-electron chi connectivity index (χ1n) is 11.6. The molecule has 0 amide bonds. The second kappa shape index (κ2) is 9.99. The molecule has 2 heterocycles. The number of nitro groups is 1. The molecule has 1 aliphatic rings. The lowest BCUT2D eigenvalue weighted by Crippen LogP contribution is -2.40. The summed E-state index contributed by atoms with van der Waals surface area (Å²) in [7, 11) is 0. The van der Waals surface area contributed by atoms with Crippen molar-refractivity contribution < 1.29 is 19.6 Å². The van der Waals surface area contributed by atoms with Crippen LogP contribution in [0.25, 0.3) is 16.8 Å². The van der Waals surface area contributed by atoms with Crippen molar-refractivity contribution in [3.8, 4) is 5.75 Å². The number of allylic oxidation sites excluding steroid dienone is 1. The van der Waals surface area contributed by atoms with E-state index in [1.807, 2.05) is 42.5 Å². The SMILES string of the molecule is CCOC(=O)C1=C(C)N=c2s/c(=C/c3cc([N+](=O)[O-])cc(Br)c3O)c(=O)n2C1c1cccc2ccccc12. The first-order valence-corrected chi connectivity index (χ1v) is 13.2. The fourth-order valence-electron chi connectivity index (χ4n) is 4.54. The first-order chi connectivity index (χ1) is 18.2. The maximum atomic E-state index is 13.9. The lowest BCUT2D eigenvalue weighted by Gasteiger charge is -2.25. The van der Waals surface area contributed by atoms with E-state index in [-0.39, 0.29) is 38.2 Å². The van der Waals surface area contributed by atoms with Gasteiger partial charge in [0.15, 0.2) is 4.80 Å². The number of carbonyl (C=O) groups is 1. The Bertz CT molecular complexity index is 1850. The molecule has 0 spiro atoms. The third-order valence-corrected chi connectivity index (χ3v) is 7.80. The van der Waals surface area contributed by atoms with E-state index < -0.39 is 22.5 Å². The second-order valence-corrected chi connectivity index (χ2v) is 10.4. The minimum Gasteiger partial charge on any atom is -0.506 e. The van der Waals surface area contributed by atoms with Gasteiger partial charge in [0, 0.05) is 17.7 Å². The van der Waals surface area contributed by atoms with Gasteiger partial charge in [0.1, 0.15) is 5.75 Å². The van der Waals surface area contributed by atoms with E-state index in [2.05, 4.69) is 20.9 Å². The van der Waals surface area contributed by atoms with Gasteiger partial charge < -0.3 is 9.84 Å². The third kappa shape index (κ3) is 4.33. The zero-order chi connectivity index (χ0) is 27.1. The van der Waals surface area contributed by atoms with E-state index in [4.69, 9.17) is 4.74 Å². The summed E-state index contributed by atoms with van der Waals surface area (Å²) in [5, 5.41) is 23.7. The van der Waals surface area contributed by atoms with Crippen LogP contribution in [-0.2, 0) is 9.53 Å². The number of phenols is 1. The predicted molar refractivity (Wildman–Crippen MR) is 147 cm³/mol. The van der Waals surface area contributed by atoms with Crippen LogP contribution in [0.1, 0.15) is 31.0 Å². The van der Waals surface area contributed by atoms with Crippen molar-refractivity contribution in [2.75, 3.05) is 6.61 Å². The van der Waals surface area contributed by atoms with Crippen molar-refractivity contribution in [1.82, 2.24) is 4.57 Å². The summed E-state index contributed by atoms with van der Waals surface area (Å²) in [6.07, 6.45) is 1.39. The summed E-state index contributed by atoms with van der Waals surface area (Å²) in [5.41, 5.74) is 0.803. The Kier molecular flexibility index (Phi) is 6.72. The molecular formula is C27H20BrN3O6S. The van der Waals surface area contributed by atoms with E-state index in [1.54, 1.807) is 13.8 Å². The van der Waals surface area contributed by atoms with Crippen molar-refractivity contribution >= 4 is 55.8 Å². The van der Waals surface area contributed by atoms with Crippen molar-refractivity contribution in [3.05, 3.63) is 111 Å². The minimum absolute atomic E-state index is 0.0966. The summed E-state index contributed by atoms with van der Waals surface area (Å²) in [5.74, 6) is -0.809. The highest BCUT2D eigenvalue weighted by Crippen LogP contribution is 2.35. The quantitative estimate of drug-likeness (QED) is 0.209. The zero-order valence-electron chi connectivity index (χ0n) is 20.2. The molecule has 5 rings (SSSR count). The Morgan fingerprint density at radius 3 is 2.74 bits per heavy atom. The molecule has 4 aromatic rings. The molecule has 9 nitrogen and oxygen atoms in total. The number of aromatic hydroxyl groups is 1. The minimum atomic E-state index is -0.816. The van der Waals surface area contributed by atoms with Crippen molar-refractivity contribution in [2.24, 2.45) is 4.99 Å². The van der Waals surface area contributed by atoms with Crippen LogP contribution in [0.2, 0.25) is 0 Å². The highest BCUT2D eigenvalue weighted by Gasteiger charge is 2.34. The molecule has 1 unspecified atom stereocenters. The number of halogens is 1. The van der Waals surface area contributed by atoms with Gasteiger partial charge >= 0.3 is 5.97 Å². The average molecular weight is 594 g/mol. The van der Waals surface area contributed by atoms with Crippen molar-refractivity contribution in [1.29, 1.82) is 0 Å². The molecule has 0 saturated carbocycles. The van der Waals surface area contributed by atoms with Crippen LogP contribution < -0.4 is 14.9 Å². The van der Waals surface area contributed by atoms with E-state index in [0.29, 0.717) is 10.5 Å². The van der Waals surface area contributed by atoms with Crippen LogP contribution in [0.15, 0.2) is 80.1 Å². The van der Waals surface area contributed by atoms with Crippen LogP contribution in [0, 0.1) is 10.1 Å². The van der Waals surface area contributed by atoms with Gasteiger partial charge in [-0.05, 0) is 52.2 Å². The average Bonchev–Trinajstić information content (AvgIpc) is 3.19. The first kappa shape index (κ1) is 25.6. The van der Waals surface area contributed by atoms with Crippen LogP contribution in [-0.4, -0.2) is 27.2 Å². The van der Waals surface area contributed by atoms with Crippen LogP contribution >= 0.6 is 27.3 Å². The smallest absolute Gasteiger partial charge is 0.338 e. The van der Waals surface area contributed by atoms with Gasteiger partial charge in [-0.1, -0.05) is 53.8 Å². The summed E-state index contributed by atoms with van der Waals surface area (Å²) < 4.78 is 7.12. The molecule has 3 aromatic carbocycles. The number of esters is 1. The number of rotatable bonds is 5. The summed E-state index contributed by atoms with van der Waals surface area (Å²) in [6, 6.07) is 14.9. The number of carbonyl (C=O) groups excluding carboxylic acids is 1. The Morgan fingerprint density at radius 2 is 2.00 bits per heavy atom. The maximum Gasteiger partial charge on any atom is 0.338 e. The van der Waals surface area contributed by atoms with E-state index in [9.17, 15) is 24.8 Å². The molecular weight excluding hydrogens is 574 g/mol. The summed E-state index contributed by atoms with van der Waals surface area (Å²) >= 11 is 4.20. The number of hydrogen-bond donors (Lipinski definition) is 1. The number of non-ortho nitro benzene ring substituents is 1. The molecule has 0 bridgehead atoms. The van der Waals surface area contributed by atoms with Gasteiger partial charge in [-0.3, -0.25) is 19.5 Å². The fraction of sp³-hybridized carbons (Fsp3) is 0.148. The molecule has 0 aliphatic carbocycles. The number of benzene rings is 3. The normalized spacial score (nSPS) is 15.3. The lowest BCUT2D eigenvalue weighted by molar-refractivity contribution is -0.385. The molecule has 1 aromatic heterocycles. The number of phenolic OH excluding ortho intramolecular Hbond substituents is 1. The molecule has 11 heteroatoms. The number of nitrogens with zero attached hydrogens (tertiary/aromatic N) is 3. The Hall–Kier alpha value is -4.09. The highest BCUT2D eigenvalue weighted by atomic mass is 79.9. The number of fused-ring (bicyclic) bond motifs is 2. The monoisotopic (exact) mass is 593 g/mol. The van der Waals surface area contributed by atoms with Crippen LogP contribution in [0.4, 0.5) is 5.69 Å². The molecule has 0 fully saturated rings. The van der Waals surface area contributed by atoms with Crippen LogP contribution in [0.5, 0.6) is 5.75 Å². The molecule has 0 saturated heterocycles. The van der Waals surface area contributed by atoms with Gasteiger partial charge in [-0.25, -0.2) is 9.79 Å². The fourth-order valence-corrected chi connectivity index (χ4v) is 6.04. The van der Waals surface area contributed by atoms with Gasteiger partial charge in [-0.2, -0.15) is 0 Å². The number of thiazole rings is 1. The third-order valence-electron chi connectivity index (χ3n) is 6.21. The molecule has 192 valence electrons. The van der Waals surface area contributed by atoms with Crippen LogP contribution in [0.3, 0.4) is 0 Å². The van der Waals surface area contributed by atoms with E-state index >= 15 is 0 Å². The van der Waals surface area contributed by atoms with Crippen molar-refractivity contribution in [2.45, 2.75) is 19.9 Å². The largest absolute Gasteiger partial charge is 0.506 e. The zero-order valence-corrected chi connectivity index (χ0v) is 22.6. The summed E-state index contributed by atoms with van der Waals surface area (Å²) in [4.78, 5) is 42.7. The molecule has 1 N–H and O–H groups in total. The van der Waals surface area contributed by atoms with E-state index in [0.717, 1.165) is 27.7 Å². The molecule has 1 aliphatic heterocycles. The molecule has 1 atom stereocenters.